The molecule has 2 rings (SSSR count). The van der Waals surface area contributed by atoms with Crippen molar-refractivity contribution in [3.63, 3.8) is 0 Å². The normalized spacial score (nSPS) is 24.0. The van der Waals surface area contributed by atoms with E-state index in [9.17, 15) is 0 Å². The summed E-state index contributed by atoms with van der Waals surface area (Å²) in [5.74, 6) is 1.65. The van der Waals surface area contributed by atoms with Crippen LogP contribution in [0, 0.1) is 11.8 Å². The highest BCUT2D eigenvalue weighted by Gasteiger charge is 2.27. The van der Waals surface area contributed by atoms with Crippen molar-refractivity contribution in [1.82, 2.24) is 5.32 Å². The lowest BCUT2D eigenvalue weighted by molar-refractivity contribution is 0.219. The van der Waals surface area contributed by atoms with Crippen LogP contribution in [0.2, 0.25) is 10.0 Å². The summed E-state index contributed by atoms with van der Waals surface area (Å²) in [5.41, 5.74) is 1.29. The average Bonchev–Trinajstić information content (AvgIpc) is 2.51. The van der Waals surface area contributed by atoms with Crippen LogP contribution in [0.1, 0.15) is 64.0 Å². The molecule has 21 heavy (non-hydrogen) atoms. The maximum Gasteiger partial charge on any atom is 0.0595 e. The van der Waals surface area contributed by atoms with Crippen LogP contribution in [0.15, 0.2) is 18.2 Å². The summed E-state index contributed by atoms with van der Waals surface area (Å²) >= 11 is 12.3. The minimum absolute atomic E-state index is 0.414. The lowest BCUT2D eigenvalue weighted by Gasteiger charge is -2.34. The van der Waals surface area contributed by atoms with Crippen LogP contribution in [0.3, 0.4) is 0 Å². The minimum Gasteiger partial charge on any atom is -0.310 e. The predicted octanol–water partition coefficient (Wildman–Crippen LogP) is 6.25. The summed E-state index contributed by atoms with van der Waals surface area (Å²) < 4.78 is 0. The molecule has 1 unspecified atom stereocenters. The van der Waals surface area contributed by atoms with Gasteiger partial charge < -0.3 is 5.32 Å². The molecule has 1 atom stereocenters. The van der Waals surface area contributed by atoms with E-state index in [2.05, 4.69) is 25.2 Å². The van der Waals surface area contributed by atoms with Crippen molar-refractivity contribution < 1.29 is 0 Å². The second-order valence-corrected chi connectivity index (χ2v) is 7.11. The molecule has 1 N–H and O–H groups in total. The van der Waals surface area contributed by atoms with E-state index < -0.39 is 0 Å². The second kappa shape index (κ2) is 8.41. The van der Waals surface area contributed by atoms with Gasteiger partial charge in [-0.2, -0.15) is 0 Å². The van der Waals surface area contributed by atoms with Crippen LogP contribution < -0.4 is 5.32 Å². The van der Waals surface area contributed by atoms with E-state index >= 15 is 0 Å². The van der Waals surface area contributed by atoms with Gasteiger partial charge in [-0.25, -0.2) is 0 Å². The smallest absolute Gasteiger partial charge is 0.0595 e. The van der Waals surface area contributed by atoms with Gasteiger partial charge in [0.15, 0.2) is 0 Å². The van der Waals surface area contributed by atoms with Gasteiger partial charge in [-0.3, -0.25) is 0 Å². The first-order chi connectivity index (χ1) is 10.2. The topological polar surface area (TPSA) is 12.0 Å². The first kappa shape index (κ1) is 17.1. The molecule has 1 aromatic carbocycles. The molecule has 0 aliphatic heterocycles. The van der Waals surface area contributed by atoms with E-state index in [0.29, 0.717) is 16.1 Å². The van der Waals surface area contributed by atoms with Gasteiger partial charge in [-0.05, 0) is 55.3 Å². The van der Waals surface area contributed by atoms with Gasteiger partial charge in [0.2, 0.25) is 0 Å². The molecule has 1 aromatic rings. The fourth-order valence-corrected chi connectivity index (χ4v) is 3.80. The van der Waals surface area contributed by atoms with Crippen LogP contribution in [0.4, 0.5) is 0 Å². The molecule has 1 aliphatic rings. The fourth-order valence-electron chi connectivity index (χ4n) is 3.49. The van der Waals surface area contributed by atoms with Gasteiger partial charge in [0.25, 0.3) is 0 Å². The maximum absolute atomic E-state index is 6.22. The molecule has 0 spiro atoms. The zero-order chi connectivity index (χ0) is 15.2. The van der Waals surface area contributed by atoms with E-state index in [-0.39, 0.29) is 0 Å². The maximum atomic E-state index is 6.22. The summed E-state index contributed by atoms with van der Waals surface area (Å²) in [4.78, 5) is 0. The number of hydrogen-bond acceptors (Lipinski definition) is 1. The van der Waals surface area contributed by atoms with Crippen molar-refractivity contribution in [3.8, 4) is 0 Å². The van der Waals surface area contributed by atoms with Gasteiger partial charge in [0.1, 0.15) is 0 Å². The molecule has 1 saturated carbocycles. The summed E-state index contributed by atoms with van der Waals surface area (Å²) in [7, 11) is 0. The molecule has 1 nitrogen and oxygen atoms in total. The third-order valence-electron chi connectivity index (χ3n) is 4.86. The van der Waals surface area contributed by atoms with Crippen LogP contribution >= 0.6 is 23.2 Å². The highest BCUT2D eigenvalue weighted by molar-refractivity contribution is 6.42. The number of rotatable bonds is 6. The summed E-state index contributed by atoms with van der Waals surface area (Å²) in [5, 5.41) is 5.04. The van der Waals surface area contributed by atoms with Crippen molar-refractivity contribution in [3.05, 3.63) is 33.8 Å². The first-order valence-electron chi connectivity index (χ1n) is 8.34. The Morgan fingerprint density at radius 3 is 2.38 bits per heavy atom. The first-order valence-corrected chi connectivity index (χ1v) is 9.09. The zero-order valence-corrected chi connectivity index (χ0v) is 14.7. The van der Waals surface area contributed by atoms with Crippen molar-refractivity contribution >= 4 is 23.2 Å². The van der Waals surface area contributed by atoms with Gasteiger partial charge in [-0.1, -0.05) is 62.4 Å². The number of halogens is 2. The van der Waals surface area contributed by atoms with Crippen LogP contribution in [0.25, 0.3) is 0 Å². The Labute approximate surface area is 139 Å². The summed E-state index contributed by atoms with van der Waals surface area (Å²) in [6, 6.07) is 6.52. The van der Waals surface area contributed by atoms with Crippen molar-refractivity contribution in [2.45, 2.75) is 58.4 Å². The Kier molecular flexibility index (Phi) is 6.85. The van der Waals surface area contributed by atoms with Crippen molar-refractivity contribution in [1.29, 1.82) is 0 Å². The second-order valence-electron chi connectivity index (χ2n) is 6.29. The average molecular weight is 328 g/mol. The molecule has 0 bridgehead atoms. The van der Waals surface area contributed by atoms with Gasteiger partial charge in [0, 0.05) is 6.04 Å². The molecule has 0 radical (unpaired) electrons. The number of nitrogens with one attached hydrogen (secondary N) is 1. The molecule has 0 heterocycles. The van der Waals surface area contributed by atoms with Crippen molar-refractivity contribution in [2.75, 3.05) is 6.54 Å². The lowest BCUT2D eigenvalue weighted by atomic mass is 9.76. The Hall–Kier alpha value is -0.240. The quantitative estimate of drug-likeness (QED) is 0.651. The summed E-state index contributed by atoms with van der Waals surface area (Å²) in [6.45, 7) is 5.59. The predicted molar refractivity (Wildman–Crippen MR) is 93.2 cm³/mol. The van der Waals surface area contributed by atoms with Crippen LogP contribution in [0.5, 0.6) is 0 Å². The highest BCUT2D eigenvalue weighted by atomic mass is 35.5. The van der Waals surface area contributed by atoms with Gasteiger partial charge in [-0.15, -0.1) is 0 Å². The zero-order valence-electron chi connectivity index (χ0n) is 13.2. The molecular weight excluding hydrogens is 301 g/mol. The molecule has 1 fully saturated rings. The highest BCUT2D eigenvalue weighted by Crippen LogP contribution is 2.39. The third kappa shape index (κ3) is 4.61. The van der Waals surface area contributed by atoms with Gasteiger partial charge >= 0.3 is 0 Å². The Bertz CT molecular complexity index is 439. The van der Waals surface area contributed by atoms with Crippen molar-refractivity contribution in [2.24, 2.45) is 11.8 Å². The molecule has 0 saturated heterocycles. The number of benzene rings is 1. The Morgan fingerprint density at radius 1 is 1.10 bits per heavy atom. The largest absolute Gasteiger partial charge is 0.310 e. The molecule has 0 amide bonds. The fraction of sp³-hybridized carbons (Fsp3) is 0.667. The lowest BCUT2D eigenvalue weighted by Crippen LogP contribution is -2.31. The Balaban J connectivity index is 2.12. The minimum atomic E-state index is 0.414. The number of hydrogen-bond donors (Lipinski definition) is 1. The van der Waals surface area contributed by atoms with E-state index in [4.69, 9.17) is 23.2 Å². The monoisotopic (exact) mass is 327 g/mol. The standard InChI is InChI=1S/C18H27Cl2N/c1-3-11-21-18(14-7-5-13(4-2)6-8-14)15-9-10-16(19)17(20)12-15/h9-10,12-14,18,21H,3-8,11H2,1-2H3. The van der Waals surface area contributed by atoms with E-state index in [1.807, 2.05) is 12.1 Å². The Morgan fingerprint density at radius 2 is 1.81 bits per heavy atom. The third-order valence-corrected chi connectivity index (χ3v) is 5.60. The van der Waals surface area contributed by atoms with Crippen LogP contribution in [-0.2, 0) is 0 Å². The molecule has 0 aromatic heterocycles. The molecule has 118 valence electrons. The summed E-state index contributed by atoms with van der Waals surface area (Å²) in [6.07, 6.45) is 7.86. The van der Waals surface area contributed by atoms with E-state index in [1.54, 1.807) is 0 Å². The SMILES string of the molecule is CCCNC(c1ccc(Cl)c(Cl)c1)C1CCC(CC)CC1. The molecular formula is C18H27Cl2N. The molecule has 1 aliphatic carbocycles. The van der Waals surface area contributed by atoms with Crippen LogP contribution in [-0.4, -0.2) is 6.54 Å². The van der Waals surface area contributed by atoms with Gasteiger partial charge in [0.05, 0.1) is 10.0 Å². The molecule has 3 heteroatoms. The van der Waals surface area contributed by atoms with E-state index in [0.717, 1.165) is 24.8 Å². The van der Waals surface area contributed by atoms with E-state index in [1.165, 1.54) is 37.7 Å².